The first-order valence-corrected chi connectivity index (χ1v) is 4.60. The van der Waals surface area contributed by atoms with Crippen LogP contribution in [0.3, 0.4) is 0 Å². The highest BCUT2D eigenvalue weighted by atomic mass is 15.1. The zero-order valence-electron chi connectivity index (χ0n) is 8.52. The number of nitrogens with zero attached hydrogens (tertiary/aromatic N) is 1. The van der Waals surface area contributed by atoms with Gasteiger partial charge >= 0.3 is 0 Å². The van der Waals surface area contributed by atoms with Crippen molar-refractivity contribution in [2.24, 2.45) is 17.3 Å². The Labute approximate surface area is 70.8 Å². The molecule has 1 saturated heterocycles. The Morgan fingerprint density at radius 2 is 1.73 bits per heavy atom. The fourth-order valence-electron chi connectivity index (χ4n) is 2.34. The van der Waals surface area contributed by atoms with Gasteiger partial charge in [0.05, 0.1) is 0 Å². The molecule has 0 aliphatic carbocycles. The van der Waals surface area contributed by atoms with Gasteiger partial charge in [0.25, 0.3) is 0 Å². The Balaban J connectivity index is 2.60. The minimum absolute atomic E-state index is 0.490. The number of hydrogen-bond donors (Lipinski definition) is 0. The fraction of sp³-hybridized carbons (Fsp3) is 1.00. The molecular weight excluding hydrogens is 134 g/mol. The topological polar surface area (TPSA) is 3.24 Å². The van der Waals surface area contributed by atoms with Crippen molar-refractivity contribution in [2.75, 3.05) is 20.1 Å². The maximum Gasteiger partial charge on any atom is 0.00148 e. The van der Waals surface area contributed by atoms with Crippen LogP contribution in [0.25, 0.3) is 0 Å². The summed E-state index contributed by atoms with van der Waals surface area (Å²) in [5, 5.41) is 0. The Hall–Kier alpha value is -0.0400. The van der Waals surface area contributed by atoms with Gasteiger partial charge in [0.1, 0.15) is 0 Å². The molecule has 2 atom stereocenters. The molecule has 0 aromatic rings. The lowest BCUT2D eigenvalue weighted by atomic mass is 9.76. The highest BCUT2D eigenvalue weighted by molar-refractivity contribution is 4.86. The van der Waals surface area contributed by atoms with E-state index in [4.69, 9.17) is 0 Å². The van der Waals surface area contributed by atoms with Crippen LogP contribution in [0, 0.1) is 17.3 Å². The van der Waals surface area contributed by atoms with Gasteiger partial charge in [0, 0.05) is 13.1 Å². The molecule has 1 heterocycles. The van der Waals surface area contributed by atoms with E-state index in [1.54, 1.807) is 0 Å². The quantitative estimate of drug-likeness (QED) is 0.518. The van der Waals surface area contributed by atoms with Gasteiger partial charge in [0.15, 0.2) is 0 Å². The molecule has 1 aliphatic rings. The summed E-state index contributed by atoms with van der Waals surface area (Å²) in [6.07, 6.45) is 0. The van der Waals surface area contributed by atoms with E-state index in [0.29, 0.717) is 5.41 Å². The van der Waals surface area contributed by atoms with Crippen molar-refractivity contribution in [1.82, 2.24) is 4.90 Å². The lowest BCUT2D eigenvalue weighted by Gasteiger charge is -2.29. The summed E-state index contributed by atoms with van der Waals surface area (Å²) < 4.78 is 0. The lowest BCUT2D eigenvalue weighted by molar-refractivity contribution is 0.207. The van der Waals surface area contributed by atoms with Crippen molar-refractivity contribution >= 4 is 0 Å². The molecule has 1 unspecified atom stereocenters. The molecule has 0 saturated carbocycles. The first-order valence-electron chi connectivity index (χ1n) is 4.60. The molecule has 0 bridgehead atoms. The summed E-state index contributed by atoms with van der Waals surface area (Å²) in [7, 11) is 2.22. The average molecular weight is 155 g/mol. The van der Waals surface area contributed by atoms with Gasteiger partial charge in [-0.25, -0.2) is 0 Å². The van der Waals surface area contributed by atoms with Crippen molar-refractivity contribution in [3.8, 4) is 0 Å². The van der Waals surface area contributed by atoms with Crippen LogP contribution in [0.2, 0.25) is 0 Å². The average Bonchev–Trinajstić information content (AvgIpc) is 2.08. The minimum Gasteiger partial charge on any atom is -0.306 e. The molecule has 66 valence electrons. The van der Waals surface area contributed by atoms with Crippen molar-refractivity contribution in [3.63, 3.8) is 0 Å². The summed E-state index contributed by atoms with van der Waals surface area (Å²) in [5.74, 6) is 1.76. The van der Waals surface area contributed by atoms with E-state index in [1.807, 2.05) is 0 Å². The molecule has 1 rings (SSSR count). The van der Waals surface area contributed by atoms with Crippen LogP contribution in [0.15, 0.2) is 0 Å². The van der Waals surface area contributed by atoms with Crippen molar-refractivity contribution in [1.29, 1.82) is 0 Å². The molecule has 0 aromatic carbocycles. The van der Waals surface area contributed by atoms with Gasteiger partial charge in [-0.3, -0.25) is 0 Å². The third-order valence-electron chi connectivity index (χ3n) is 2.91. The van der Waals surface area contributed by atoms with E-state index in [1.165, 1.54) is 13.1 Å². The zero-order valence-corrected chi connectivity index (χ0v) is 8.52. The molecule has 1 heteroatoms. The molecular formula is C10H21N. The summed E-state index contributed by atoms with van der Waals surface area (Å²) in [6, 6.07) is 0. The van der Waals surface area contributed by atoms with E-state index in [0.717, 1.165) is 11.8 Å². The van der Waals surface area contributed by atoms with E-state index in [-0.39, 0.29) is 0 Å². The summed E-state index contributed by atoms with van der Waals surface area (Å²) >= 11 is 0. The van der Waals surface area contributed by atoms with Crippen molar-refractivity contribution in [3.05, 3.63) is 0 Å². The van der Waals surface area contributed by atoms with Crippen LogP contribution in [0.4, 0.5) is 0 Å². The van der Waals surface area contributed by atoms with Crippen LogP contribution in [0.1, 0.15) is 27.7 Å². The van der Waals surface area contributed by atoms with Gasteiger partial charge in [-0.2, -0.15) is 0 Å². The number of hydrogen-bond acceptors (Lipinski definition) is 1. The van der Waals surface area contributed by atoms with E-state index in [2.05, 4.69) is 39.6 Å². The van der Waals surface area contributed by atoms with Gasteiger partial charge < -0.3 is 4.90 Å². The van der Waals surface area contributed by atoms with Gasteiger partial charge in [-0.05, 0) is 24.3 Å². The molecule has 1 fully saturated rings. The molecule has 0 N–H and O–H groups in total. The van der Waals surface area contributed by atoms with E-state index < -0.39 is 0 Å². The largest absolute Gasteiger partial charge is 0.306 e. The van der Waals surface area contributed by atoms with Gasteiger partial charge in [-0.1, -0.05) is 27.7 Å². The first-order chi connectivity index (χ1) is 4.91. The monoisotopic (exact) mass is 155 g/mol. The Morgan fingerprint density at radius 3 is 1.91 bits per heavy atom. The molecule has 0 spiro atoms. The zero-order chi connectivity index (χ0) is 8.65. The molecule has 0 amide bonds. The SMILES string of the molecule is C[C@H]1CN(C)CC1C(C)(C)C. The van der Waals surface area contributed by atoms with Crippen LogP contribution < -0.4 is 0 Å². The van der Waals surface area contributed by atoms with E-state index in [9.17, 15) is 0 Å². The second-order valence-electron chi connectivity index (χ2n) is 5.17. The Kier molecular flexibility index (Phi) is 2.29. The predicted molar refractivity (Wildman–Crippen MR) is 49.6 cm³/mol. The summed E-state index contributed by atoms with van der Waals surface area (Å²) in [5.41, 5.74) is 0.490. The third-order valence-corrected chi connectivity index (χ3v) is 2.91. The molecule has 0 radical (unpaired) electrons. The Morgan fingerprint density at radius 1 is 1.18 bits per heavy atom. The lowest BCUT2D eigenvalue weighted by Crippen LogP contribution is -2.26. The summed E-state index contributed by atoms with van der Waals surface area (Å²) in [4.78, 5) is 2.45. The van der Waals surface area contributed by atoms with Crippen LogP contribution >= 0.6 is 0 Å². The number of rotatable bonds is 0. The first kappa shape index (κ1) is 9.05. The highest BCUT2D eigenvalue weighted by Crippen LogP contribution is 2.36. The van der Waals surface area contributed by atoms with Crippen LogP contribution in [-0.2, 0) is 0 Å². The second-order valence-corrected chi connectivity index (χ2v) is 5.17. The third kappa shape index (κ3) is 1.96. The molecule has 1 nitrogen and oxygen atoms in total. The summed E-state index contributed by atoms with van der Waals surface area (Å²) in [6.45, 7) is 12.0. The maximum atomic E-state index is 2.45. The van der Waals surface area contributed by atoms with Crippen LogP contribution in [-0.4, -0.2) is 25.0 Å². The standard InChI is InChI=1S/C10H21N/c1-8-6-11(5)7-9(8)10(2,3)4/h8-9H,6-7H2,1-5H3/t8-,9?/m0/s1. The van der Waals surface area contributed by atoms with E-state index >= 15 is 0 Å². The second kappa shape index (κ2) is 2.78. The fourth-order valence-corrected chi connectivity index (χ4v) is 2.34. The van der Waals surface area contributed by atoms with Crippen molar-refractivity contribution in [2.45, 2.75) is 27.7 Å². The molecule has 11 heavy (non-hydrogen) atoms. The Bertz CT molecular complexity index is 134. The highest BCUT2D eigenvalue weighted by Gasteiger charge is 2.35. The molecule has 0 aromatic heterocycles. The smallest absolute Gasteiger partial charge is 0.00148 e. The van der Waals surface area contributed by atoms with Gasteiger partial charge in [-0.15, -0.1) is 0 Å². The minimum atomic E-state index is 0.490. The normalized spacial score (nSPS) is 34.6. The molecule has 1 aliphatic heterocycles. The predicted octanol–water partition coefficient (Wildman–Crippen LogP) is 2.23. The number of likely N-dealkylation sites (tertiary alicyclic amines) is 1. The van der Waals surface area contributed by atoms with Crippen molar-refractivity contribution < 1.29 is 0 Å². The van der Waals surface area contributed by atoms with Crippen LogP contribution in [0.5, 0.6) is 0 Å². The van der Waals surface area contributed by atoms with Gasteiger partial charge in [0.2, 0.25) is 0 Å². The maximum absolute atomic E-state index is 2.45.